The fourth-order valence-electron chi connectivity index (χ4n) is 2.92. The lowest BCUT2D eigenvalue weighted by Gasteiger charge is -2.23. The van der Waals surface area contributed by atoms with Gasteiger partial charge in [-0.05, 0) is 18.6 Å². The van der Waals surface area contributed by atoms with E-state index in [1.165, 1.54) is 0 Å². The molecule has 9 heteroatoms. The first-order valence-corrected chi connectivity index (χ1v) is 8.07. The van der Waals surface area contributed by atoms with Crippen LogP contribution in [0, 0.1) is 0 Å². The first kappa shape index (κ1) is 15.3. The van der Waals surface area contributed by atoms with Crippen molar-refractivity contribution in [2.24, 2.45) is 7.05 Å². The normalized spacial score (nSPS) is 16.3. The molecule has 25 heavy (non-hydrogen) atoms. The Labute approximate surface area is 144 Å². The molecule has 0 radical (unpaired) electrons. The Balaban J connectivity index is 1.40. The number of hydrogen-bond donors (Lipinski definition) is 2. The zero-order valence-corrected chi connectivity index (χ0v) is 13.8. The van der Waals surface area contributed by atoms with E-state index in [2.05, 4.69) is 30.8 Å². The molecule has 3 aromatic rings. The molecule has 0 saturated heterocycles. The molecule has 4 rings (SSSR count). The second kappa shape index (κ2) is 6.34. The zero-order valence-electron chi connectivity index (χ0n) is 13.8. The van der Waals surface area contributed by atoms with Gasteiger partial charge in [0.05, 0.1) is 12.6 Å². The van der Waals surface area contributed by atoms with Gasteiger partial charge in [0.2, 0.25) is 0 Å². The molecule has 1 aliphatic heterocycles. The summed E-state index contributed by atoms with van der Waals surface area (Å²) in [7, 11) is 1.82. The number of rotatable bonds is 3. The first-order chi connectivity index (χ1) is 12.2. The Morgan fingerprint density at radius 3 is 3.08 bits per heavy atom. The molecular weight excluding hydrogens is 320 g/mol. The molecule has 0 bridgehead atoms. The summed E-state index contributed by atoms with van der Waals surface area (Å²) in [5, 5.41) is 14.3. The predicted octanol–water partition coefficient (Wildman–Crippen LogP) is 1.21. The third-order valence-corrected chi connectivity index (χ3v) is 4.12. The van der Waals surface area contributed by atoms with Crippen molar-refractivity contribution in [1.82, 2.24) is 34.8 Å². The average Bonchev–Trinajstić information content (AvgIpc) is 3.23. The SMILES string of the molecule is Cn1cnc(-c2cccc(NC(=O)NC3CCc4ncnn4C3)c2)n1. The maximum absolute atomic E-state index is 12.3. The highest BCUT2D eigenvalue weighted by molar-refractivity contribution is 5.90. The van der Waals surface area contributed by atoms with Gasteiger partial charge in [-0.2, -0.15) is 10.2 Å². The van der Waals surface area contributed by atoms with E-state index in [0.29, 0.717) is 18.1 Å². The van der Waals surface area contributed by atoms with Crippen LogP contribution in [0.15, 0.2) is 36.9 Å². The van der Waals surface area contributed by atoms with E-state index >= 15 is 0 Å². The Hall–Kier alpha value is -3.23. The third-order valence-electron chi connectivity index (χ3n) is 4.12. The lowest BCUT2D eigenvalue weighted by atomic mass is 10.1. The number of benzene rings is 1. The summed E-state index contributed by atoms with van der Waals surface area (Å²) >= 11 is 0. The number of fused-ring (bicyclic) bond motifs is 1. The number of amides is 2. The molecule has 1 aliphatic rings. The highest BCUT2D eigenvalue weighted by atomic mass is 16.2. The van der Waals surface area contributed by atoms with Crippen molar-refractivity contribution in [3.63, 3.8) is 0 Å². The van der Waals surface area contributed by atoms with Crippen LogP contribution in [-0.4, -0.2) is 41.6 Å². The van der Waals surface area contributed by atoms with Crippen LogP contribution in [0.3, 0.4) is 0 Å². The lowest BCUT2D eigenvalue weighted by Crippen LogP contribution is -2.43. The number of carbonyl (C=O) groups is 1. The monoisotopic (exact) mass is 338 g/mol. The minimum atomic E-state index is -0.236. The zero-order chi connectivity index (χ0) is 17.2. The number of aromatic nitrogens is 6. The van der Waals surface area contributed by atoms with Crippen molar-refractivity contribution < 1.29 is 4.79 Å². The number of aryl methyl sites for hydroxylation is 2. The van der Waals surface area contributed by atoms with Crippen LogP contribution in [0.2, 0.25) is 0 Å². The van der Waals surface area contributed by atoms with E-state index < -0.39 is 0 Å². The van der Waals surface area contributed by atoms with E-state index in [-0.39, 0.29) is 12.1 Å². The van der Waals surface area contributed by atoms with Crippen molar-refractivity contribution in [1.29, 1.82) is 0 Å². The number of anilines is 1. The topological polar surface area (TPSA) is 103 Å². The van der Waals surface area contributed by atoms with Crippen LogP contribution >= 0.6 is 0 Å². The van der Waals surface area contributed by atoms with Crippen molar-refractivity contribution in [2.75, 3.05) is 5.32 Å². The van der Waals surface area contributed by atoms with Gasteiger partial charge in [-0.25, -0.2) is 19.4 Å². The molecule has 2 aromatic heterocycles. The summed E-state index contributed by atoms with van der Waals surface area (Å²) in [5.41, 5.74) is 1.54. The second-order valence-electron chi connectivity index (χ2n) is 6.02. The van der Waals surface area contributed by atoms with Crippen molar-refractivity contribution >= 4 is 11.7 Å². The molecule has 1 unspecified atom stereocenters. The van der Waals surface area contributed by atoms with Gasteiger partial charge in [-0.1, -0.05) is 12.1 Å². The molecule has 0 fully saturated rings. The van der Waals surface area contributed by atoms with E-state index in [4.69, 9.17) is 0 Å². The summed E-state index contributed by atoms with van der Waals surface area (Å²) in [4.78, 5) is 20.7. The van der Waals surface area contributed by atoms with Crippen molar-refractivity contribution in [2.45, 2.75) is 25.4 Å². The van der Waals surface area contributed by atoms with E-state index in [1.54, 1.807) is 17.3 Å². The minimum Gasteiger partial charge on any atom is -0.333 e. The summed E-state index contributed by atoms with van der Waals surface area (Å²) in [6.45, 7) is 0.640. The van der Waals surface area contributed by atoms with Crippen LogP contribution in [0.5, 0.6) is 0 Å². The van der Waals surface area contributed by atoms with E-state index in [0.717, 1.165) is 24.2 Å². The summed E-state index contributed by atoms with van der Waals surface area (Å²) in [5.74, 6) is 1.59. The van der Waals surface area contributed by atoms with Crippen LogP contribution in [0.4, 0.5) is 10.5 Å². The highest BCUT2D eigenvalue weighted by Crippen LogP contribution is 2.19. The van der Waals surface area contributed by atoms with Gasteiger partial charge in [0, 0.05) is 24.7 Å². The van der Waals surface area contributed by atoms with E-state index in [1.807, 2.05) is 36.0 Å². The van der Waals surface area contributed by atoms with E-state index in [9.17, 15) is 4.79 Å². The standard InChI is InChI=1S/C16H18N8O/c1-23-10-18-15(22-23)11-3-2-4-12(7-11)20-16(25)21-13-5-6-14-17-9-19-24(14)8-13/h2-4,7,9-10,13H,5-6,8H2,1H3,(H2,20,21,25). The molecule has 0 saturated carbocycles. The number of nitrogens with one attached hydrogen (secondary N) is 2. The van der Waals surface area contributed by atoms with Gasteiger partial charge in [0.1, 0.15) is 18.5 Å². The molecular formula is C16H18N8O. The summed E-state index contributed by atoms with van der Waals surface area (Å²) in [6, 6.07) is 7.26. The molecule has 2 N–H and O–H groups in total. The molecule has 2 amide bonds. The maximum atomic E-state index is 12.3. The first-order valence-electron chi connectivity index (χ1n) is 8.07. The third kappa shape index (κ3) is 3.35. The molecule has 9 nitrogen and oxygen atoms in total. The van der Waals surface area contributed by atoms with Crippen LogP contribution in [0.25, 0.3) is 11.4 Å². The van der Waals surface area contributed by atoms with Crippen molar-refractivity contribution in [3.05, 3.63) is 42.7 Å². The average molecular weight is 338 g/mol. The Kier molecular flexibility index (Phi) is 3.88. The van der Waals surface area contributed by atoms with Gasteiger partial charge in [0.25, 0.3) is 0 Å². The van der Waals surface area contributed by atoms with Crippen LogP contribution < -0.4 is 10.6 Å². The molecule has 0 spiro atoms. The van der Waals surface area contributed by atoms with Gasteiger partial charge in [-0.3, -0.25) is 4.68 Å². The summed E-state index contributed by atoms with van der Waals surface area (Å²) in [6.07, 6.45) is 4.86. The minimum absolute atomic E-state index is 0.0369. The van der Waals surface area contributed by atoms with Gasteiger partial charge < -0.3 is 10.6 Å². The Morgan fingerprint density at radius 1 is 1.32 bits per heavy atom. The molecule has 1 atom stereocenters. The maximum Gasteiger partial charge on any atom is 0.319 e. The van der Waals surface area contributed by atoms with Crippen LogP contribution in [0.1, 0.15) is 12.2 Å². The number of hydrogen-bond acceptors (Lipinski definition) is 5. The lowest BCUT2D eigenvalue weighted by molar-refractivity contribution is 0.243. The summed E-state index contributed by atoms with van der Waals surface area (Å²) < 4.78 is 3.48. The molecule has 0 aliphatic carbocycles. The molecule has 128 valence electrons. The van der Waals surface area contributed by atoms with Crippen molar-refractivity contribution in [3.8, 4) is 11.4 Å². The Morgan fingerprint density at radius 2 is 2.24 bits per heavy atom. The van der Waals surface area contributed by atoms with Gasteiger partial charge in [-0.15, -0.1) is 0 Å². The number of carbonyl (C=O) groups excluding carboxylic acids is 1. The van der Waals surface area contributed by atoms with Gasteiger partial charge in [0.15, 0.2) is 5.82 Å². The predicted molar refractivity (Wildman–Crippen MR) is 90.7 cm³/mol. The smallest absolute Gasteiger partial charge is 0.319 e. The second-order valence-corrected chi connectivity index (χ2v) is 6.02. The van der Waals surface area contributed by atoms with Crippen LogP contribution in [-0.2, 0) is 20.0 Å². The molecule has 1 aromatic carbocycles. The Bertz CT molecular complexity index is 899. The number of urea groups is 1. The largest absolute Gasteiger partial charge is 0.333 e. The fraction of sp³-hybridized carbons (Fsp3) is 0.312. The van der Waals surface area contributed by atoms with Gasteiger partial charge >= 0.3 is 6.03 Å². The number of nitrogens with zero attached hydrogens (tertiary/aromatic N) is 6. The fourth-order valence-corrected chi connectivity index (χ4v) is 2.92. The molecule has 3 heterocycles. The highest BCUT2D eigenvalue weighted by Gasteiger charge is 2.21. The quantitative estimate of drug-likeness (QED) is 0.747.